The van der Waals surface area contributed by atoms with Gasteiger partial charge in [-0.15, -0.1) is 0 Å². The van der Waals surface area contributed by atoms with Gasteiger partial charge in [0.25, 0.3) is 0 Å². The van der Waals surface area contributed by atoms with E-state index in [9.17, 15) is 0 Å². The van der Waals surface area contributed by atoms with Gasteiger partial charge in [-0.2, -0.15) is 0 Å². The highest BCUT2D eigenvalue weighted by atomic mass is 16.5. The van der Waals surface area contributed by atoms with Crippen molar-refractivity contribution in [1.29, 1.82) is 0 Å². The van der Waals surface area contributed by atoms with Gasteiger partial charge in [0, 0.05) is 30.3 Å². The van der Waals surface area contributed by atoms with E-state index in [4.69, 9.17) is 9.47 Å². The molecule has 0 heterocycles. The van der Waals surface area contributed by atoms with E-state index in [1.807, 2.05) is 55.5 Å². The molecule has 0 radical (unpaired) electrons. The van der Waals surface area contributed by atoms with E-state index < -0.39 is 0 Å². The lowest BCUT2D eigenvalue weighted by Gasteiger charge is -2.13. The molecule has 3 heteroatoms. The van der Waals surface area contributed by atoms with Crippen molar-refractivity contribution < 1.29 is 9.47 Å². The molecule has 0 saturated heterocycles. The van der Waals surface area contributed by atoms with E-state index >= 15 is 0 Å². The van der Waals surface area contributed by atoms with Gasteiger partial charge in [-0.3, -0.25) is 0 Å². The van der Waals surface area contributed by atoms with Crippen LogP contribution in [0.1, 0.15) is 18.1 Å². The van der Waals surface area contributed by atoms with E-state index in [0.717, 1.165) is 29.2 Å². The smallest absolute Gasteiger partial charge is 0.124 e. The average molecular weight is 347 g/mol. The Morgan fingerprint density at radius 3 is 2.46 bits per heavy atom. The second kappa shape index (κ2) is 9.52. The molecule has 3 nitrogen and oxygen atoms in total. The molecule has 26 heavy (non-hydrogen) atoms. The molecule has 0 aliphatic carbocycles. The normalized spacial score (nSPS) is 10.3. The first-order valence-corrected chi connectivity index (χ1v) is 9.06. The maximum absolute atomic E-state index is 5.90. The summed E-state index contributed by atoms with van der Waals surface area (Å²) in [4.78, 5) is 0. The van der Waals surface area contributed by atoms with Gasteiger partial charge < -0.3 is 14.8 Å². The van der Waals surface area contributed by atoms with Crippen LogP contribution in [-0.4, -0.2) is 13.2 Å². The predicted molar refractivity (Wildman–Crippen MR) is 107 cm³/mol. The van der Waals surface area contributed by atoms with Crippen LogP contribution in [-0.2, 0) is 13.0 Å². The number of ether oxygens (including phenoxy) is 2. The Morgan fingerprint density at radius 1 is 0.808 bits per heavy atom. The zero-order valence-electron chi connectivity index (χ0n) is 15.2. The van der Waals surface area contributed by atoms with E-state index in [0.29, 0.717) is 19.8 Å². The summed E-state index contributed by atoms with van der Waals surface area (Å²) in [5, 5.41) is 3.45. The third-order valence-electron chi connectivity index (χ3n) is 4.09. The van der Waals surface area contributed by atoms with E-state index in [2.05, 4.69) is 35.6 Å². The molecular weight excluding hydrogens is 322 g/mol. The third-order valence-corrected chi connectivity index (χ3v) is 4.09. The molecule has 0 aromatic heterocycles. The van der Waals surface area contributed by atoms with Crippen LogP contribution in [0.25, 0.3) is 0 Å². The van der Waals surface area contributed by atoms with Crippen LogP contribution >= 0.6 is 0 Å². The quantitative estimate of drug-likeness (QED) is 0.568. The fourth-order valence-electron chi connectivity index (χ4n) is 2.77. The summed E-state index contributed by atoms with van der Waals surface area (Å²) in [6, 6.07) is 26.6. The highest BCUT2D eigenvalue weighted by Gasteiger charge is 2.03. The van der Waals surface area contributed by atoms with Crippen LogP contribution in [0.3, 0.4) is 0 Å². The van der Waals surface area contributed by atoms with Crippen molar-refractivity contribution in [3.05, 3.63) is 90.0 Å². The second-order valence-corrected chi connectivity index (χ2v) is 6.01. The van der Waals surface area contributed by atoms with Gasteiger partial charge >= 0.3 is 0 Å². The SMILES string of the molecule is CCOc1ccccc1CNc1cccc(OCCc2ccccc2)c1. The monoisotopic (exact) mass is 347 g/mol. The Morgan fingerprint density at radius 2 is 1.62 bits per heavy atom. The second-order valence-electron chi connectivity index (χ2n) is 6.01. The Kier molecular flexibility index (Phi) is 6.54. The Bertz CT molecular complexity index is 802. The number of para-hydroxylation sites is 1. The maximum Gasteiger partial charge on any atom is 0.124 e. The van der Waals surface area contributed by atoms with Crippen LogP contribution in [0.15, 0.2) is 78.9 Å². The summed E-state index contributed by atoms with van der Waals surface area (Å²) in [5.74, 6) is 1.81. The van der Waals surface area contributed by atoms with Crippen molar-refractivity contribution in [2.75, 3.05) is 18.5 Å². The zero-order valence-corrected chi connectivity index (χ0v) is 15.2. The van der Waals surface area contributed by atoms with Crippen LogP contribution in [0.4, 0.5) is 5.69 Å². The molecule has 0 unspecified atom stereocenters. The highest BCUT2D eigenvalue weighted by Crippen LogP contribution is 2.22. The highest BCUT2D eigenvalue weighted by molar-refractivity contribution is 5.49. The van der Waals surface area contributed by atoms with Crippen molar-refractivity contribution >= 4 is 5.69 Å². The Balaban J connectivity index is 1.54. The summed E-state index contributed by atoms with van der Waals surface area (Å²) in [5.41, 5.74) is 3.47. The van der Waals surface area contributed by atoms with Crippen molar-refractivity contribution in [3.8, 4) is 11.5 Å². The summed E-state index contributed by atoms with van der Waals surface area (Å²) >= 11 is 0. The summed E-state index contributed by atoms with van der Waals surface area (Å²) in [7, 11) is 0. The summed E-state index contributed by atoms with van der Waals surface area (Å²) in [6.45, 7) is 4.05. The van der Waals surface area contributed by atoms with Gasteiger partial charge in [0.1, 0.15) is 11.5 Å². The minimum atomic E-state index is 0.667. The van der Waals surface area contributed by atoms with Crippen molar-refractivity contribution in [3.63, 3.8) is 0 Å². The van der Waals surface area contributed by atoms with E-state index in [-0.39, 0.29) is 0 Å². The Labute approximate surface area is 155 Å². The first-order valence-electron chi connectivity index (χ1n) is 9.06. The summed E-state index contributed by atoms with van der Waals surface area (Å²) < 4.78 is 11.6. The van der Waals surface area contributed by atoms with Crippen LogP contribution in [0, 0.1) is 0 Å². The van der Waals surface area contributed by atoms with Gasteiger partial charge in [0.05, 0.1) is 13.2 Å². The lowest BCUT2D eigenvalue weighted by molar-refractivity contribution is 0.322. The fourth-order valence-corrected chi connectivity index (χ4v) is 2.77. The average Bonchev–Trinajstić information content (AvgIpc) is 2.69. The lowest BCUT2D eigenvalue weighted by Crippen LogP contribution is -2.04. The molecule has 0 aliphatic heterocycles. The molecule has 1 N–H and O–H groups in total. The molecule has 3 aromatic carbocycles. The van der Waals surface area contributed by atoms with Gasteiger partial charge in [-0.25, -0.2) is 0 Å². The molecular formula is C23H25NO2. The fraction of sp³-hybridized carbons (Fsp3) is 0.217. The van der Waals surface area contributed by atoms with Gasteiger partial charge in [0.2, 0.25) is 0 Å². The zero-order chi connectivity index (χ0) is 18.0. The molecule has 0 amide bonds. The molecule has 134 valence electrons. The predicted octanol–water partition coefficient (Wildman–Crippen LogP) is 5.32. The minimum Gasteiger partial charge on any atom is -0.494 e. The number of rotatable bonds is 9. The maximum atomic E-state index is 5.90. The molecule has 0 bridgehead atoms. The molecule has 0 aliphatic rings. The number of hydrogen-bond acceptors (Lipinski definition) is 3. The van der Waals surface area contributed by atoms with E-state index in [1.165, 1.54) is 5.56 Å². The largest absolute Gasteiger partial charge is 0.494 e. The number of hydrogen-bond donors (Lipinski definition) is 1. The van der Waals surface area contributed by atoms with Gasteiger partial charge in [-0.1, -0.05) is 54.6 Å². The first-order chi connectivity index (χ1) is 12.8. The molecule has 0 saturated carbocycles. The van der Waals surface area contributed by atoms with Crippen molar-refractivity contribution in [2.24, 2.45) is 0 Å². The molecule has 3 aromatic rings. The van der Waals surface area contributed by atoms with Crippen LogP contribution in [0.5, 0.6) is 11.5 Å². The molecule has 3 rings (SSSR count). The number of nitrogens with one attached hydrogen (secondary N) is 1. The molecule has 0 atom stereocenters. The first kappa shape index (κ1) is 17.9. The third kappa shape index (κ3) is 5.28. The Hall–Kier alpha value is -2.94. The number of anilines is 1. The number of benzene rings is 3. The standard InChI is InChI=1S/C23H25NO2/c1-2-25-23-14-7-6-11-20(23)18-24-21-12-8-13-22(17-21)26-16-15-19-9-4-3-5-10-19/h3-14,17,24H,2,15-16,18H2,1H3. The lowest BCUT2D eigenvalue weighted by atomic mass is 10.2. The van der Waals surface area contributed by atoms with Crippen molar-refractivity contribution in [1.82, 2.24) is 0 Å². The summed E-state index contributed by atoms with van der Waals surface area (Å²) in [6.07, 6.45) is 0.903. The topological polar surface area (TPSA) is 30.5 Å². The molecule has 0 spiro atoms. The van der Waals surface area contributed by atoms with Gasteiger partial charge in [0.15, 0.2) is 0 Å². The molecule has 0 fully saturated rings. The van der Waals surface area contributed by atoms with Crippen LogP contribution in [0.2, 0.25) is 0 Å². The minimum absolute atomic E-state index is 0.667. The van der Waals surface area contributed by atoms with Crippen molar-refractivity contribution in [2.45, 2.75) is 19.9 Å². The van der Waals surface area contributed by atoms with Crippen LogP contribution < -0.4 is 14.8 Å². The van der Waals surface area contributed by atoms with Gasteiger partial charge in [-0.05, 0) is 30.7 Å². The van der Waals surface area contributed by atoms with E-state index in [1.54, 1.807) is 0 Å².